The van der Waals surface area contributed by atoms with Crippen molar-refractivity contribution in [2.75, 3.05) is 33.4 Å². The van der Waals surface area contributed by atoms with Gasteiger partial charge in [0, 0.05) is 71.3 Å². The van der Waals surface area contributed by atoms with Crippen molar-refractivity contribution in [1.82, 2.24) is 25.0 Å². The summed E-state index contributed by atoms with van der Waals surface area (Å²) >= 11 is 1.58. The van der Waals surface area contributed by atoms with Gasteiger partial charge in [-0.3, -0.25) is 14.3 Å². The monoisotopic (exact) mass is 637 g/mol. The Hall–Kier alpha value is -4.87. The van der Waals surface area contributed by atoms with Gasteiger partial charge in [0.2, 0.25) is 11.8 Å². The van der Waals surface area contributed by atoms with Gasteiger partial charge in [0.25, 0.3) is 0 Å². The number of pyridine rings is 1. The second-order valence-electron chi connectivity index (χ2n) is 11.4. The number of fused-ring (bicyclic) bond motifs is 2. The number of carbonyl (C=O) groups is 2. The fourth-order valence-electron chi connectivity index (χ4n) is 6.25. The summed E-state index contributed by atoms with van der Waals surface area (Å²) in [6, 6.07) is 12.8. The van der Waals surface area contributed by atoms with E-state index in [1.54, 1.807) is 35.6 Å². The van der Waals surface area contributed by atoms with Crippen LogP contribution in [0.15, 0.2) is 72.9 Å². The molecule has 11 heteroatoms. The molecule has 2 aliphatic heterocycles. The molecular formula is C35H32FN5O4S. The number of methoxy groups -OCH3 is 1. The van der Waals surface area contributed by atoms with Gasteiger partial charge in [-0.1, -0.05) is 18.7 Å². The standard InChI is InChI=1S/C35H32FN5O4S/c1-3-31(43)40-10-8-26(20-40)41-19-24(18-38-41)34-32(27-7-6-25(36)16-29(27)45-12-11-44-2)35-28(9-13-46-35)33(39-34)22-5-4-21-15-30(42)37-17-23(21)14-22/h3-7,9,13-14,16,18-19,26H,1,8,10-12,15,17,20H2,2H3,(H,37,42). The molecule has 2 aromatic carbocycles. The van der Waals surface area contributed by atoms with E-state index in [1.165, 1.54) is 18.2 Å². The Morgan fingerprint density at radius 3 is 2.89 bits per heavy atom. The van der Waals surface area contributed by atoms with Crippen LogP contribution in [-0.4, -0.2) is 64.9 Å². The van der Waals surface area contributed by atoms with Gasteiger partial charge < -0.3 is 19.7 Å². The molecule has 7 rings (SSSR count). The molecule has 1 fully saturated rings. The van der Waals surface area contributed by atoms with E-state index in [4.69, 9.17) is 19.6 Å². The van der Waals surface area contributed by atoms with Crippen LogP contribution in [0.1, 0.15) is 23.6 Å². The number of likely N-dealkylation sites (tertiary alicyclic amines) is 1. The zero-order valence-electron chi connectivity index (χ0n) is 25.3. The van der Waals surface area contributed by atoms with Crippen molar-refractivity contribution in [1.29, 1.82) is 0 Å². The van der Waals surface area contributed by atoms with Crippen molar-refractivity contribution >= 4 is 33.2 Å². The van der Waals surface area contributed by atoms with Crippen molar-refractivity contribution < 1.29 is 23.5 Å². The maximum atomic E-state index is 14.6. The van der Waals surface area contributed by atoms with Crippen LogP contribution in [-0.2, 0) is 27.3 Å². The Morgan fingerprint density at radius 1 is 1.15 bits per heavy atom. The number of nitrogens with one attached hydrogen (secondary N) is 1. The van der Waals surface area contributed by atoms with Gasteiger partial charge in [-0.2, -0.15) is 5.10 Å². The molecule has 0 bridgehead atoms. The maximum absolute atomic E-state index is 14.6. The molecule has 1 saturated heterocycles. The zero-order valence-corrected chi connectivity index (χ0v) is 26.1. The summed E-state index contributed by atoms with van der Waals surface area (Å²) in [4.78, 5) is 31.3. The van der Waals surface area contributed by atoms with E-state index in [-0.39, 0.29) is 24.5 Å². The number of amides is 2. The van der Waals surface area contributed by atoms with E-state index < -0.39 is 5.82 Å². The molecule has 0 radical (unpaired) electrons. The molecule has 46 heavy (non-hydrogen) atoms. The Morgan fingerprint density at radius 2 is 2.04 bits per heavy atom. The van der Waals surface area contributed by atoms with Crippen LogP contribution in [0.4, 0.5) is 4.39 Å². The summed E-state index contributed by atoms with van der Waals surface area (Å²) < 4.78 is 28.7. The molecule has 0 aliphatic carbocycles. The molecule has 2 amide bonds. The first-order valence-corrected chi connectivity index (χ1v) is 16.0. The first kappa shape index (κ1) is 29.8. The second kappa shape index (κ2) is 12.5. The van der Waals surface area contributed by atoms with Gasteiger partial charge in [0.15, 0.2) is 0 Å². The minimum Gasteiger partial charge on any atom is -0.490 e. The fraction of sp³-hybridized carbons (Fsp3) is 0.257. The SMILES string of the molecule is C=CC(=O)N1CCC(n2cc(-c3nc(-c4ccc5c(c4)CNC(=O)C5)c4ccsc4c3-c3ccc(F)cc3OCCOC)cn2)C1. The highest BCUT2D eigenvalue weighted by Gasteiger charge is 2.28. The van der Waals surface area contributed by atoms with Gasteiger partial charge >= 0.3 is 0 Å². The molecule has 0 spiro atoms. The molecule has 1 atom stereocenters. The number of hydrogen-bond donors (Lipinski definition) is 1. The minimum atomic E-state index is -0.404. The number of carbonyl (C=O) groups excluding carboxylic acids is 2. The average Bonchev–Trinajstić information content (AvgIpc) is 3.85. The van der Waals surface area contributed by atoms with Gasteiger partial charge in [0.05, 0.1) is 36.7 Å². The fourth-order valence-corrected chi connectivity index (χ4v) is 7.20. The molecule has 9 nitrogen and oxygen atoms in total. The number of aromatic nitrogens is 3. The Bertz CT molecular complexity index is 1990. The lowest BCUT2D eigenvalue weighted by molar-refractivity contribution is -0.125. The summed E-state index contributed by atoms with van der Waals surface area (Å²) in [5, 5.41) is 10.7. The lowest BCUT2D eigenvalue weighted by atomic mass is 9.93. The summed E-state index contributed by atoms with van der Waals surface area (Å²) in [5.74, 6) is -0.0785. The zero-order chi connectivity index (χ0) is 31.8. The van der Waals surface area contributed by atoms with Gasteiger partial charge in [-0.15, -0.1) is 11.3 Å². The molecule has 0 saturated carbocycles. The second-order valence-corrected chi connectivity index (χ2v) is 12.3. The lowest BCUT2D eigenvalue weighted by Crippen LogP contribution is -2.30. The van der Waals surface area contributed by atoms with E-state index in [0.29, 0.717) is 49.7 Å². The summed E-state index contributed by atoms with van der Waals surface area (Å²) in [6.45, 7) is 5.88. The van der Waals surface area contributed by atoms with E-state index in [1.807, 2.05) is 28.4 Å². The maximum Gasteiger partial charge on any atom is 0.246 e. The van der Waals surface area contributed by atoms with Crippen molar-refractivity contribution in [3.63, 3.8) is 0 Å². The highest BCUT2D eigenvalue weighted by Crippen LogP contribution is 2.46. The van der Waals surface area contributed by atoms with E-state index in [0.717, 1.165) is 50.0 Å². The molecule has 1 N–H and O–H groups in total. The summed E-state index contributed by atoms with van der Waals surface area (Å²) in [6.07, 6.45) is 6.24. The van der Waals surface area contributed by atoms with Gasteiger partial charge in [0.1, 0.15) is 18.2 Å². The van der Waals surface area contributed by atoms with Crippen LogP contribution in [0.2, 0.25) is 0 Å². The molecule has 5 heterocycles. The highest BCUT2D eigenvalue weighted by atomic mass is 32.1. The molecule has 5 aromatic rings. The van der Waals surface area contributed by atoms with Crippen molar-refractivity contribution in [3.8, 4) is 39.4 Å². The van der Waals surface area contributed by atoms with Crippen LogP contribution in [0.3, 0.4) is 0 Å². The Labute approximate surface area is 269 Å². The van der Waals surface area contributed by atoms with E-state index in [9.17, 15) is 14.0 Å². The predicted molar refractivity (Wildman–Crippen MR) is 175 cm³/mol. The predicted octanol–water partition coefficient (Wildman–Crippen LogP) is 5.79. The summed E-state index contributed by atoms with van der Waals surface area (Å²) in [5.41, 5.74) is 6.81. The minimum absolute atomic E-state index is 0.0145. The Balaban J connectivity index is 1.40. The van der Waals surface area contributed by atoms with Crippen LogP contribution in [0.5, 0.6) is 5.75 Å². The first-order chi connectivity index (χ1) is 22.4. The number of benzene rings is 2. The number of hydrogen-bond acceptors (Lipinski definition) is 7. The van der Waals surface area contributed by atoms with Crippen LogP contribution in [0, 0.1) is 5.82 Å². The molecule has 234 valence electrons. The van der Waals surface area contributed by atoms with Gasteiger partial charge in [-0.25, -0.2) is 9.37 Å². The number of ether oxygens (including phenoxy) is 2. The normalized spacial score (nSPS) is 16.0. The molecular weight excluding hydrogens is 605 g/mol. The first-order valence-electron chi connectivity index (χ1n) is 15.1. The molecule has 1 unspecified atom stereocenters. The number of thiophene rings is 1. The Kier molecular flexibility index (Phi) is 8.10. The lowest BCUT2D eigenvalue weighted by Gasteiger charge is -2.19. The number of halogens is 1. The quantitative estimate of drug-likeness (QED) is 0.162. The largest absolute Gasteiger partial charge is 0.490 e. The summed E-state index contributed by atoms with van der Waals surface area (Å²) in [7, 11) is 1.59. The third-order valence-electron chi connectivity index (χ3n) is 8.57. The molecule has 3 aromatic heterocycles. The van der Waals surface area contributed by atoms with E-state index in [2.05, 4.69) is 24.0 Å². The third-order valence-corrected chi connectivity index (χ3v) is 9.50. The van der Waals surface area contributed by atoms with Crippen LogP contribution >= 0.6 is 11.3 Å². The number of rotatable bonds is 9. The van der Waals surface area contributed by atoms with E-state index >= 15 is 0 Å². The van der Waals surface area contributed by atoms with Crippen molar-refractivity contribution in [2.24, 2.45) is 0 Å². The van der Waals surface area contributed by atoms with Crippen LogP contribution in [0.25, 0.3) is 43.7 Å². The third kappa shape index (κ3) is 5.56. The van der Waals surface area contributed by atoms with Crippen molar-refractivity contribution in [3.05, 3.63) is 89.8 Å². The average molecular weight is 638 g/mol. The van der Waals surface area contributed by atoms with Gasteiger partial charge in [-0.05, 0) is 53.3 Å². The van der Waals surface area contributed by atoms with Crippen molar-refractivity contribution in [2.45, 2.75) is 25.4 Å². The van der Waals surface area contributed by atoms with Crippen LogP contribution < -0.4 is 10.1 Å². The number of nitrogens with zero attached hydrogens (tertiary/aromatic N) is 4. The highest BCUT2D eigenvalue weighted by molar-refractivity contribution is 7.18. The topological polar surface area (TPSA) is 98.6 Å². The smallest absolute Gasteiger partial charge is 0.246 e. The molecule has 2 aliphatic rings.